The first kappa shape index (κ1) is 11.4. The average Bonchev–Trinajstić information content (AvgIpc) is 2.29. The van der Waals surface area contributed by atoms with Crippen LogP contribution < -0.4 is 10.5 Å². The number of ether oxygens (including phenoxy) is 1. The van der Waals surface area contributed by atoms with Gasteiger partial charge in [0.05, 0.1) is 6.61 Å². The van der Waals surface area contributed by atoms with Gasteiger partial charge < -0.3 is 10.5 Å². The van der Waals surface area contributed by atoms with Crippen LogP contribution in [0.3, 0.4) is 0 Å². The topological polar surface area (TPSA) is 38.5 Å². The van der Waals surface area contributed by atoms with Gasteiger partial charge in [-0.2, -0.15) is 0 Å². The number of benzene rings is 1. The zero-order chi connectivity index (χ0) is 11.5. The Bertz CT molecular complexity index is 354. The minimum Gasteiger partial charge on any atom is -0.493 e. The van der Waals surface area contributed by atoms with Crippen LogP contribution in [0, 0.1) is 5.92 Å². The fourth-order valence-corrected chi connectivity index (χ4v) is 2.49. The molecule has 2 N–H and O–H groups in total. The van der Waals surface area contributed by atoms with Crippen LogP contribution in [-0.2, 0) is 0 Å². The molecule has 16 heavy (non-hydrogen) atoms. The molecule has 0 radical (unpaired) electrons. The number of hydrogen-bond donors (Lipinski definition) is 1. The highest BCUT2D eigenvalue weighted by molar-refractivity contribution is 5.37. The van der Waals surface area contributed by atoms with Crippen LogP contribution in [0.2, 0.25) is 0 Å². The number of hydrogen-bond acceptors (Lipinski definition) is 3. The molecule has 0 fully saturated rings. The summed E-state index contributed by atoms with van der Waals surface area (Å²) in [5.74, 6) is 1.53. The Morgan fingerprint density at radius 1 is 1.44 bits per heavy atom. The van der Waals surface area contributed by atoms with Crippen LogP contribution in [0.5, 0.6) is 5.75 Å². The van der Waals surface area contributed by atoms with E-state index in [1.54, 1.807) is 0 Å². The molecule has 0 spiro atoms. The molecule has 1 aromatic rings. The van der Waals surface area contributed by atoms with Crippen LogP contribution >= 0.6 is 0 Å². The van der Waals surface area contributed by atoms with Gasteiger partial charge in [-0.1, -0.05) is 25.1 Å². The third-order valence-electron chi connectivity index (χ3n) is 3.24. The van der Waals surface area contributed by atoms with Crippen molar-refractivity contribution in [2.45, 2.75) is 13.0 Å². The van der Waals surface area contributed by atoms with E-state index in [-0.39, 0.29) is 0 Å². The molecule has 0 saturated heterocycles. The molecule has 1 aliphatic heterocycles. The summed E-state index contributed by atoms with van der Waals surface area (Å²) in [4.78, 5) is 2.33. The predicted octanol–water partition coefficient (Wildman–Crippen LogP) is 1.65. The molecule has 88 valence electrons. The monoisotopic (exact) mass is 220 g/mol. The maximum absolute atomic E-state index is 5.74. The summed E-state index contributed by atoms with van der Waals surface area (Å²) >= 11 is 0. The lowest BCUT2D eigenvalue weighted by Gasteiger charge is -2.37. The molecular weight excluding hydrogens is 200 g/mol. The molecule has 0 amide bonds. The minimum absolute atomic E-state index is 0.425. The zero-order valence-electron chi connectivity index (χ0n) is 10.0. The number of para-hydroxylation sites is 1. The Labute approximate surface area is 97.2 Å². The first-order valence-electron chi connectivity index (χ1n) is 5.86. The lowest BCUT2D eigenvalue weighted by atomic mass is 9.91. The van der Waals surface area contributed by atoms with Crippen molar-refractivity contribution in [3.8, 4) is 5.75 Å². The quantitative estimate of drug-likeness (QED) is 0.841. The second-order valence-electron chi connectivity index (χ2n) is 4.54. The SMILES string of the molecule is CC1COc2ccccc2C1N(C)CCN. The van der Waals surface area contributed by atoms with Gasteiger partial charge in [0.15, 0.2) is 0 Å². The van der Waals surface area contributed by atoms with Crippen LogP contribution in [0.4, 0.5) is 0 Å². The predicted molar refractivity (Wildman–Crippen MR) is 65.5 cm³/mol. The Morgan fingerprint density at radius 3 is 2.94 bits per heavy atom. The highest BCUT2D eigenvalue weighted by Gasteiger charge is 2.30. The molecule has 3 nitrogen and oxygen atoms in total. The van der Waals surface area contributed by atoms with Gasteiger partial charge in [0.2, 0.25) is 0 Å². The van der Waals surface area contributed by atoms with Crippen molar-refractivity contribution in [3.63, 3.8) is 0 Å². The van der Waals surface area contributed by atoms with E-state index in [9.17, 15) is 0 Å². The van der Waals surface area contributed by atoms with Crippen LogP contribution in [0.1, 0.15) is 18.5 Å². The van der Waals surface area contributed by atoms with Crippen molar-refractivity contribution in [1.29, 1.82) is 0 Å². The Hall–Kier alpha value is -1.06. The third kappa shape index (κ3) is 2.06. The normalized spacial score (nSPS) is 24.0. The Balaban J connectivity index is 2.29. The highest BCUT2D eigenvalue weighted by Crippen LogP contribution is 2.38. The van der Waals surface area contributed by atoms with Crippen molar-refractivity contribution in [1.82, 2.24) is 4.90 Å². The van der Waals surface area contributed by atoms with Crippen molar-refractivity contribution in [3.05, 3.63) is 29.8 Å². The molecule has 1 aromatic carbocycles. The van der Waals surface area contributed by atoms with E-state index in [0.29, 0.717) is 18.5 Å². The van der Waals surface area contributed by atoms with Crippen molar-refractivity contribution >= 4 is 0 Å². The third-order valence-corrected chi connectivity index (χ3v) is 3.24. The van der Waals surface area contributed by atoms with Gasteiger partial charge in [-0.3, -0.25) is 4.90 Å². The first-order chi connectivity index (χ1) is 7.74. The van der Waals surface area contributed by atoms with E-state index < -0.39 is 0 Å². The largest absolute Gasteiger partial charge is 0.493 e. The van der Waals surface area contributed by atoms with Gasteiger partial charge in [-0.15, -0.1) is 0 Å². The van der Waals surface area contributed by atoms with Crippen molar-refractivity contribution < 1.29 is 4.74 Å². The van der Waals surface area contributed by atoms with Crippen LogP contribution in [0.25, 0.3) is 0 Å². The molecule has 1 heterocycles. The second kappa shape index (κ2) is 4.85. The van der Waals surface area contributed by atoms with Gasteiger partial charge in [-0.25, -0.2) is 0 Å². The van der Waals surface area contributed by atoms with E-state index in [1.165, 1.54) is 5.56 Å². The van der Waals surface area contributed by atoms with E-state index >= 15 is 0 Å². The van der Waals surface area contributed by atoms with E-state index in [1.807, 2.05) is 12.1 Å². The summed E-state index contributed by atoms with van der Waals surface area (Å²) in [5.41, 5.74) is 6.92. The smallest absolute Gasteiger partial charge is 0.124 e. The molecule has 3 heteroatoms. The molecule has 0 aromatic heterocycles. The van der Waals surface area contributed by atoms with Gasteiger partial charge in [0.1, 0.15) is 5.75 Å². The van der Waals surface area contributed by atoms with E-state index in [4.69, 9.17) is 10.5 Å². The average molecular weight is 220 g/mol. The maximum Gasteiger partial charge on any atom is 0.124 e. The highest BCUT2D eigenvalue weighted by atomic mass is 16.5. The molecule has 2 atom stereocenters. The fourth-order valence-electron chi connectivity index (χ4n) is 2.49. The van der Waals surface area contributed by atoms with Gasteiger partial charge in [0.25, 0.3) is 0 Å². The zero-order valence-corrected chi connectivity index (χ0v) is 10.0. The Morgan fingerprint density at radius 2 is 2.19 bits per heavy atom. The summed E-state index contributed by atoms with van der Waals surface area (Å²) in [5, 5.41) is 0. The van der Waals surface area contributed by atoms with Crippen molar-refractivity contribution in [2.24, 2.45) is 11.7 Å². The van der Waals surface area contributed by atoms with Crippen LogP contribution in [0.15, 0.2) is 24.3 Å². The maximum atomic E-state index is 5.74. The van der Waals surface area contributed by atoms with E-state index in [2.05, 4.69) is 31.0 Å². The molecule has 2 rings (SSSR count). The number of rotatable bonds is 3. The molecule has 0 bridgehead atoms. The Kier molecular flexibility index (Phi) is 3.46. The summed E-state index contributed by atoms with van der Waals surface area (Å²) in [7, 11) is 2.14. The summed E-state index contributed by atoms with van der Waals surface area (Å²) in [6.07, 6.45) is 0. The summed E-state index contributed by atoms with van der Waals surface area (Å²) in [6, 6.07) is 8.72. The number of likely N-dealkylation sites (N-methyl/N-ethyl adjacent to an activating group) is 1. The van der Waals surface area contributed by atoms with Crippen molar-refractivity contribution in [2.75, 3.05) is 26.7 Å². The van der Waals surface area contributed by atoms with Gasteiger partial charge >= 0.3 is 0 Å². The first-order valence-corrected chi connectivity index (χ1v) is 5.86. The fraction of sp³-hybridized carbons (Fsp3) is 0.538. The molecule has 2 unspecified atom stereocenters. The second-order valence-corrected chi connectivity index (χ2v) is 4.54. The van der Waals surface area contributed by atoms with Gasteiger partial charge in [-0.05, 0) is 13.1 Å². The summed E-state index contributed by atoms with van der Waals surface area (Å²) < 4.78 is 5.74. The lowest BCUT2D eigenvalue weighted by molar-refractivity contribution is 0.112. The van der Waals surface area contributed by atoms with Crippen LogP contribution in [-0.4, -0.2) is 31.6 Å². The standard InChI is InChI=1S/C13H20N2O/c1-10-9-16-12-6-4-3-5-11(12)13(10)15(2)8-7-14/h3-6,10,13H,7-9,14H2,1-2H3. The van der Waals surface area contributed by atoms with Gasteiger partial charge in [0, 0.05) is 30.6 Å². The van der Waals surface area contributed by atoms with E-state index in [0.717, 1.165) is 18.9 Å². The molecule has 1 aliphatic rings. The summed E-state index contributed by atoms with van der Waals surface area (Å²) in [6.45, 7) is 4.64. The molecule has 0 aliphatic carbocycles. The molecular formula is C13H20N2O. The number of nitrogens with zero attached hydrogens (tertiary/aromatic N) is 1. The molecule has 0 saturated carbocycles. The minimum atomic E-state index is 0.425. The lowest BCUT2D eigenvalue weighted by Crippen LogP contribution is -2.37. The number of fused-ring (bicyclic) bond motifs is 1. The number of nitrogens with two attached hydrogens (primary N) is 1.